The molecule has 136 valence electrons. The first kappa shape index (κ1) is 18.0. The molecule has 1 atom stereocenters. The van der Waals surface area contributed by atoms with E-state index < -0.39 is 23.5 Å². The standard InChI is InChI=1S/C19H24F2N2O2/c1-11(2)23-9-7-12(8-10-23)13-3-4-14(18(21)17(13)20)15-5-6-16(24)22-19(15)25/h3-4,11-12,15H,5-10H2,1-2H3,(H,22,24,25). The smallest absolute Gasteiger partial charge is 0.234 e. The molecule has 6 heteroatoms. The zero-order chi connectivity index (χ0) is 18.1. The molecule has 3 rings (SSSR count). The van der Waals surface area contributed by atoms with E-state index in [0.29, 0.717) is 11.6 Å². The molecule has 1 aromatic rings. The van der Waals surface area contributed by atoms with Crippen LogP contribution in [0.4, 0.5) is 8.78 Å². The number of piperidine rings is 2. The molecule has 2 fully saturated rings. The third kappa shape index (κ3) is 3.59. The highest BCUT2D eigenvalue weighted by molar-refractivity contribution is 6.00. The lowest BCUT2D eigenvalue weighted by molar-refractivity contribution is -0.134. The Morgan fingerprint density at radius 1 is 1.04 bits per heavy atom. The first-order valence-corrected chi connectivity index (χ1v) is 8.94. The van der Waals surface area contributed by atoms with Crippen LogP contribution < -0.4 is 5.32 Å². The minimum absolute atomic E-state index is 0.000287. The molecular weight excluding hydrogens is 326 g/mol. The number of carbonyl (C=O) groups excluding carboxylic acids is 2. The quantitative estimate of drug-likeness (QED) is 0.853. The van der Waals surface area contributed by atoms with Crippen molar-refractivity contribution < 1.29 is 18.4 Å². The van der Waals surface area contributed by atoms with E-state index >= 15 is 0 Å². The van der Waals surface area contributed by atoms with Gasteiger partial charge in [-0.2, -0.15) is 0 Å². The summed E-state index contributed by atoms with van der Waals surface area (Å²) < 4.78 is 29.3. The van der Waals surface area contributed by atoms with Crippen molar-refractivity contribution in [3.63, 3.8) is 0 Å². The summed E-state index contributed by atoms with van der Waals surface area (Å²) in [6.07, 6.45) is 1.96. The molecule has 2 heterocycles. The number of likely N-dealkylation sites (tertiary alicyclic amines) is 1. The van der Waals surface area contributed by atoms with Gasteiger partial charge < -0.3 is 4.90 Å². The summed E-state index contributed by atoms with van der Waals surface area (Å²) in [4.78, 5) is 25.5. The summed E-state index contributed by atoms with van der Waals surface area (Å²) >= 11 is 0. The average molecular weight is 350 g/mol. The summed E-state index contributed by atoms with van der Waals surface area (Å²) in [5.74, 6) is -3.50. The molecule has 1 N–H and O–H groups in total. The van der Waals surface area contributed by atoms with E-state index in [4.69, 9.17) is 0 Å². The van der Waals surface area contributed by atoms with E-state index in [1.54, 1.807) is 6.07 Å². The van der Waals surface area contributed by atoms with Gasteiger partial charge in [0, 0.05) is 18.0 Å². The number of nitrogens with one attached hydrogen (secondary N) is 1. The fourth-order valence-corrected chi connectivity index (χ4v) is 3.88. The van der Waals surface area contributed by atoms with Crippen molar-refractivity contribution in [3.8, 4) is 0 Å². The summed E-state index contributed by atoms with van der Waals surface area (Å²) in [6.45, 7) is 6.02. The van der Waals surface area contributed by atoms with Gasteiger partial charge >= 0.3 is 0 Å². The molecule has 1 aromatic carbocycles. The van der Waals surface area contributed by atoms with Crippen molar-refractivity contribution in [1.29, 1.82) is 0 Å². The molecule has 0 saturated carbocycles. The second-order valence-electron chi connectivity index (χ2n) is 7.28. The van der Waals surface area contributed by atoms with Crippen molar-refractivity contribution in [1.82, 2.24) is 10.2 Å². The molecule has 2 amide bonds. The number of hydrogen-bond donors (Lipinski definition) is 1. The number of halogens is 2. The first-order chi connectivity index (χ1) is 11.9. The van der Waals surface area contributed by atoms with Crippen molar-refractivity contribution in [2.75, 3.05) is 13.1 Å². The Morgan fingerprint density at radius 2 is 1.64 bits per heavy atom. The van der Waals surface area contributed by atoms with Crippen molar-refractivity contribution in [3.05, 3.63) is 34.9 Å². The number of benzene rings is 1. The van der Waals surface area contributed by atoms with Gasteiger partial charge in [-0.1, -0.05) is 12.1 Å². The Kier molecular flexibility index (Phi) is 5.18. The average Bonchev–Trinajstić information content (AvgIpc) is 2.58. The Morgan fingerprint density at radius 3 is 2.24 bits per heavy atom. The predicted molar refractivity (Wildman–Crippen MR) is 90.2 cm³/mol. The van der Waals surface area contributed by atoms with Gasteiger partial charge in [-0.25, -0.2) is 8.78 Å². The number of imide groups is 1. The summed E-state index contributed by atoms with van der Waals surface area (Å²) in [5.41, 5.74) is 0.447. The summed E-state index contributed by atoms with van der Waals surface area (Å²) in [6, 6.07) is 3.59. The maximum atomic E-state index is 14.7. The van der Waals surface area contributed by atoms with Crippen molar-refractivity contribution in [2.24, 2.45) is 0 Å². The van der Waals surface area contributed by atoms with Crippen LogP contribution in [0.15, 0.2) is 12.1 Å². The van der Waals surface area contributed by atoms with Crippen LogP contribution in [0.5, 0.6) is 0 Å². The van der Waals surface area contributed by atoms with Gasteiger partial charge in [0.05, 0.1) is 5.92 Å². The SMILES string of the molecule is CC(C)N1CCC(c2ccc(C3CCC(=O)NC3=O)c(F)c2F)CC1. The van der Waals surface area contributed by atoms with Crippen LogP contribution in [0.1, 0.15) is 62.5 Å². The van der Waals surface area contributed by atoms with Crippen LogP contribution in [0.25, 0.3) is 0 Å². The lowest BCUT2D eigenvalue weighted by atomic mass is 9.85. The number of nitrogens with zero attached hydrogens (tertiary/aromatic N) is 1. The lowest BCUT2D eigenvalue weighted by Crippen LogP contribution is -2.40. The Labute approximate surface area is 146 Å². The fraction of sp³-hybridized carbons (Fsp3) is 0.579. The van der Waals surface area contributed by atoms with Gasteiger partial charge in [0.25, 0.3) is 0 Å². The molecule has 2 aliphatic heterocycles. The molecule has 0 bridgehead atoms. The molecule has 1 unspecified atom stereocenters. The van der Waals surface area contributed by atoms with Crippen molar-refractivity contribution >= 4 is 11.8 Å². The third-order valence-corrected chi connectivity index (χ3v) is 5.46. The van der Waals surface area contributed by atoms with Crippen LogP contribution in [0.2, 0.25) is 0 Å². The van der Waals surface area contributed by atoms with Crippen LogP contribution in [0, 0.1) is 11.6 Å². The summed E-state index contributed by atoms with van der Waals surface area (Å²) in [7, 11) is 0. The van der Waals surface area contributed by atoms with Gasteiger partial charge in [-0.15, -0.1) is 0 Å². The van der Waals surface area contributed by atoms with Crippen LogP contribution in [0.3, 0.4) is 0 Å². The molecule has 2 aliphatic rings. The van der Waals surface area contributed by atoms with Gasteiger partial charge in [-0.05, 0) is 57.7 Å². The number of rotatable bonds is 3. The molecule has 0 radical (unpaired) electrons. The zero-order valence-electron chi connectivity index (χ0n) is 14.6. The van der Waals surface area contributed by atoms with Crippen LogP contribution in [-0.2, 0) is 9.59 Å². The predicted octanol–water partition coefficient (Wildman–Crippen LogP) is 3.07. The largest absolute Gasteiger partial charge is 0.301 e. The molecular formula is C19H24F2N2O2. The Bertz CT molecular complexity index is 682. The lowest BCUT2D eigenvalue weighted by Gasteiger charge is -2.35. The molecule has 0 spiro atoms. The Hall–Kier alpha value is -1.82. The minimum atomic E-state index is -0.946. The number of carbonyl (C=O) groups is 2. The van der Waals surface area contributed by atoms with E-state index in [9.17, 15) is 18.4 Å². The van der Waals surface area contributed by atoms with Crippen molar-refractivity contribution in [2.45, 2.75) is 57.4 Å². The Balaban J connectivity index is 1.79. The van der Waals surface area contributed by atoms with E-state index in [0.717, 1.165) is 25.9 Å². The highest BCUT2D eigenvalue weighted by Gasteiger charge is 2.33. The topological polar surface area (TPSA) is 49.4 Å². The van der Waals surface area contributed by atoms with E-state index in [2.05, 4.69) is 24.1 Å². The summed E-state index contributed by atoms with van der Waals surface area (Å²) in [5, 5.41) is 2.20. The highest BCUT2D eigenvalue weighted by atomic mass is 19.2. The fourth-order valence-electron chi connectivity index (χ4n) is 3.88. The van der Waals surface area contributed by atoms with Gasteiger partial charge in [0.1, 0.15) is 0 Å². The van der Waals surface area contributed by atoms with E-state index in [1.807, 2.05) is 0 Å². The van der Waals surface area contributed by atoms with Crippen LogP contribution >= 0.6 is 0 Å². The maximum Gasteiger partial charge on any atom is 0.234 e. The van der Waals surface area contributed by atoms with E-state index in [1.165, 1.54) is 6.07 Å². The number of hydrogen-bond acceptors (Lipinski definition) is 3. The molecule has 0 aromatic heterocycles. The van der Waals surface area contributed by atoms with E-state index in [-0.39, 0.29) is 30.2 Å². The number of amides is 2. The zero-order valence-corrected chi connectivity index (χ0v) is 14.6. The monoisotopic (exact) mass is 350 g/mol. The third-order valence-electron chi connectivity index (χ3n) is 5.46. The molecule has 0 aliphatic carbocycles. The molecule has 2 saturated heterocycles. The van der Waals surface area contributed by atoms with Crippen LogP contribution in [-0.4, -0.2) is 35.8 Å². The molecule has 25 heavy (non-hydrogen) atoms. The minimum Gasteiger partial charge on any atom is -0.301 e. The van der Waals surface area contributed by atoms with Gasteiger partial charge in [0.15, 0.2) is 11.6 Å². The maximum absolute atomic E-state index is 14.7. The second-order valence-corrected chi connectivity index (χ2v) is 7.28. The molecule has 4 nitrogen and oxygen atoms in total. The second kappa shape index (κ2) is 7.20. The highest BCUT2D eigenvalue weighted by Crippen LogP contribution is 2.35. The first-order valence-electron chi connectivity index (χ1n) is 8.94. The van der Waals surface area contributed by atoms with Gasteiger partial charge in [-0.3, -0.25) is 14.9 Å². The normalized spacial score (nSPS) is 23.2. The van der Waals surface area contributed by atoms with Gasteiger partial charge in [0.2, 0.25) is 11.8 Å².